The number of hydrogen-bond acceptors (Lipinski definition) is 5. The summed E-state index contributed by atoms with van der Waals surface area (Å²) in [6, 6.07) is 8.00. The molecule has 0 amide bonds. The minimum Gasteiger partial charge on any atom is -0.497 e. The molecular formula is C20H25N5O2. The number of ether oxygens (including phenoxy) is 1. The molecule has 7 nitrogen and oxygen atoms in total. The van der Waals surface area contributed by atoms with Gasteiger partial charge in [0.05, 0.1) is 31.4 Å². The number of rotatable bonds is 7. The van der Waals surface area contributed by atoms with Gasteiger partial charge in [0.25, 0.3) is 0 Å². The van der Waals surface area contributed by atoms with Gasteiger partial charge in [-0.2, -0.15) is 5.10 Å². The molecule has 1 aliphatic carbocycles. The van der Waals surface area contributed by atoms with E-state index in [1.54, 1.807) is 13.3 Å². The highest BCUT2D eigenvalue weighted by Gasteiger charge is 2.32. The van der Waals surface area contributed by atoms with Crippen molar-refractivity contribution in [1.82, 2.24) is 25.1 Å². The molecule has 1 aromatic carbocycles. The molecule has 3 N–H and O–H groups in total. The van der Waals surface area contributed by atoms with Gasteiger partial charge in [-0.25, -0.2) is 4.98 Å². The van der Waals surface area contributed by atoms with Crippen LogP contribution >= 0.6 is 0 Å². The van der Waals surface area contributed by atoms with Crippen LogP contribution in [0.4, 0.5) is 0 Å². The van der Waals surface area contributed by atoms with Gasteiger partial charge in [-0.15, -0.1) is 0 Å². The van der Waals surface area contributed by atoms with Gasteiger partial charge in [0.1, 0.15) is 5.75 Å². The maximum atomic E-state index is 10.4. The number of H-pyrrole nitrogens is 1. The van der Waals surface area contributed by atoms with Crippen molar-refractivity contribution in [2.45, 2.75) is 38.1 Å². The van der Waals surface area contributed by atoms with Crippen LogP contribution in [0.15, 0.2) is 49.2 Å². The largest absolute Gasteiger partial charge is 0.497 e. The van der Waals surface area contributed by atoms with Gasteiger partial charge in [0, 0.05) is 42.7 Å². The summed E-state index contributed by atoms with van der Waals surface area (Å²) in [6.07, 6.45) is 8.87. The molecule has 3 aromatic rings. The van der Waals surface area contributed by atoms with E-state index in [9.17, 15) is 5.11 Å². The van der Waals surface area contributed by atoms with E-state index >= 15 is 0 Å². The van der Waals surface area contributed by atoms with Crippen LogP contribution in [0.3, 0.4) is 0 Å². The van der Waals surface area contributed by atoms with E-state index in [0.29, 0.717) is 12.5 Å². The number of aromatic nitrogens is 4. The Balaban J connectivity index is 1.38. The number of hydrogen-bond donors (Lipinski definition) is 3. The number of aromatic amines is 1. The predicted octanol–water partition coefficient (Wildman–Crippen LogP) is 2.21. The third kappa shape index (κ3) is 4.04. The molecule has 0 aliphatic heterocycles. The molecule has 0 bridgehead atoms. The first-order valence-corrected chi connectivity index (χ1v) is 9.27. The number of aliphatic hydroxyl groups is 1. The minimum absolute atomic E-state index is 0.0894. The lowest BCUT2D eigenvalue weighted by Crippen LogP contribution is -2.35. The molecule has 1 aliphatic rings. The molecule has 7 heteroatoms. The summed E-state index contributed by atoms with van der Waals surface area (Å²) in [5, 5.41) is 21.2. The molecule has 142 valence electrons. The van der Waals surface area contributed by atoms with E-state index in [1.807, 2.05) is 43.0 Å². The average molecular weight is 367 g/mol. The summed E-state index contributed by atoms with van der Waals surface area (Å²) in [4.78, 5) is 4.09. The smallest absolute Gasteiger partial charge is 0.119 e. The van der Waals surface area contributed by atoms with Crippen molar-refractivity contribution in [2.24, 2.45) is 5.92 Å². The molecule has 1 fully saturated rings. The molecular weight excluding hydrogens is 342 g/mol. The van der Waals surface area contributed by atoms with E-state index in [2.05, 4.69) is 25.1 Å². The van der Waals surface area contributed by atoms with Gasteiger partial charge in [-0.05, 0) is 30.9 Å². The van der Waals surface area contributed by atoms with Crippen molar-refractivity contribution in [3.63, 3.8) is 0 Å². The van der Waals surface area contributed by atoms with Gasteiger partial charge in [-0.1, -0.05) is 12.1 Å². The van der Waals surface area contributed by atoms with E-state index in [4.69, 9.17) is 4.74 Å². The fraction of sp³-hybridized carbons (Fsp3) is 0.400. The average Bonchev–Trinajstić information content (AvgIpc) is 3.42. The van der Waals surface area contributed by atoms with Crippen LogP contribution in [0.1, 0.15) is 18.4 Å². The minimum atomic E-state index is -0.328. The molecule has 0 saturated heterocycles. The molecule has 2 heterocycles. The highest BCUT2D eigenvalue weighted by Crippen LogP contribution is 2.29. The van der Waals surface area contributed by atoms with Crippen LogP contribution in [0.2, 0.25) is 0 Å². The monoisotopic (exact) mass is 367 g/mol. The van der Waals surface area contributed by atoms with Crippen molar-refractivity contribution in [3.8, 4) is 17.0 Å². The van der Waals surface area contributed by atoms with Crippen molar-refractivity contribution in [2.75, 3.05) is 7.11 Å². The van der Waals surface area contributed by atoms with Crippen LogP contribution in [-0.2, 0) is 13.1 Å². The number of imidazole rings is 1. The Morgan fingerprint density at radius 3 is 3.11 bits per heavy atom. The van der Waals surface area contributed by atoms with Crippen molar-refractivity contribution < 1.29 is 9.84 Å². The zero-order valence-electron chi connectivity index (χ0n) is 15.4. The normalized spacial score (nSPS) is 22.2. The molecule has 0 spiro atoms. The third-order valence-electron chi connectivity index (χ3n) is 5.29. The lowest BCUT2D eigenvalue weighted by molar-refractivity contribution is 0.145. The highest BCUT2D eigenvalue weighted by atomic mass is 16.5. The van der Waals surface area contributed by atoms with E-state index < -0.39 is 0 Å². The Bertz CT molecular complexity index is 861. The van der Waals surface area contributed by atoms with E-state index in [1.165, 1.54) is 0 Å². The fourth-order valence-corrected chi connectivity index (χ4v) is 3.89. The Morgan fingerprint density at radius 1 is 1.37 bits per heavy atom. The topological polar surface area (TPSA) is 88.0 Å². The van der Waals surface area contributed by atoms with Crippen LogP contribution in [0.5, 0.6) is 5.75 Å². The number of aliphatic hydroxyl groups excluding tert-OH is 1. The van der Waals surface area contributed by atoms with E-state index in [0.717, 1.165) is 42.0 Å². The summed E-state index contributed by atoms with van der Waals surface area (Å²) in [5.41, 5.74) is 3.09. The molecule has 0 radical (unpaired) electrons. The quantitative estimate of drug-likeness (QED) is 0.596. The lowest BCUT2D eigenvalue weighted by atomic mass is 10.1. The summed E-state index contributed by atoms with van der Waals surface area (Å²) in [7, 11) is 1.66. The van der Waals surface area contributed by atoms with Gasteiger partial charge < -0.3 is 19.7 Å². The van der Waals surface area contributed by atoms with Crippen molar-refractivity contribution in [1.29, 1.82) is 0 Å². The maximum absolute atomic E-state index is 10.4. The van der Waals surface area contributed by atoms with Crippen LogP contribution < -0.4 is 10.1 Å². The van der Waals surface area contributed by atoms with E-state index in [-0.39, 0.29) is 12.1 Å². The van der Waals surface area contributed by atoms with Crippen molar-refractivity contribution in [3.05, 3.63) is 54.7 Å². The predicted molar refractivity (Wildman–Crippen MR) is 102 cm³/mol. The van der Waals surface area contributed by atoms with Gasteiger partial charge in [0.15, 0.2) is 0 Å². The summed E-state index contributed by atoms with van der Waals surface area (Å²) in [5.74, 6) is 1.27. The first-order chi connectivity index (χ1) is 13.2. The van der Waals surface area contributed by atoms with Gasteiger partial charge in [0.2, 0.25) is 0 Å². The van der Waals surface area contributed by atoms with Crippen molar-refractivity contribution >= 4 is 0 Å². The molecule has 2 aromatic heterocycles. The SMILES string of the molecule is COc1cccc(-c2[nH]ncc2CN[C@@H]2CC(Cn3ccnc3)C[C@H]2O)c1. The molecule has 1 unspecified atom stereocenters. The highest BCUT2D eigenvalue weighted by molar-refractivity contribution is 5.64. The maximum Gasteiger partial charge on any atom is 0.119 e. The molecule has 4 rings (SSSR count). The first-order valence-electron chi connectivity index (χ1n) is 9.27. The summed E-state index contributed by atoms with van der Waals surface area (Å²) in [6.45, 7) is 1.55. The standard InChI is InChI=1S/C20H25N5O2/c1-27-17-4-2-3-15(9-17)20-16(11-23-24-20)10-22-18-7-14(8-19(18)26)12-25-6-5-21-13-25/h2-6,9,11,13-14,18-19,22,26H,7-8,10,12H2,1H3,(H,23,24)/t14?,18-,19-/m1/s1. The van der Waals surface area contributed by atoms with Crippen LogP contribution in [0.25, 0.3) is 11.3 Å². The fourth-order valence-electron chi connectivity index (χ4n) is 3.89. The Morgan fingerprint density at radius 2 is 2.30 bits per heavy atom. The first kappa shape index (κ1) is 17.8. The number of nitrogens with one attached hydrogen (secondary N) is 2. The second-order valence-corrected chi connectivity index (χ2v) is 7.15. The van der Waals surface area contributed by atoms with Crippen LogP contribution in [-0.4, -0.2) is 44.1 Å². The second kappa shape index (κ2) is 7.94. The zero-order valence-corrected chi connectivity index (χ0v) is 15.4. The third-order valence-corrected chi connectivity index (χ3v) is 5.29. The summed E-state index contributed by atoms with van der Waals surface area (Å²) < 4.78 is 7.39. The molecule has 1 saturated carbocycles. The van der Waals surface area contributed by atoms with Crippen LogP contribution in [0, 0.1) is 5.92 Å². The number of benzene rings is 1. The molecule has 27 heavy (non-hydrogen) atoms. The molecule has 3 atom stereocenters. The zero-order chi connectivity index (χ0) is 18.6. The number of methoxy groups -OCH3 is 1. The lowest BCUT2D eigenvalue weighted by Gasteiger charge is -2.16. The Hall–Kier alpha value is -2.64. The van der Waals surface area contributed by atoms with Gasteiger partial charge in [-0.3, -0.25) is 5.10 Å². The summed E-state index contributed by atoms with van der Waals surface area (Å²) >= 11 is 0. The Labute approximate surface area is 158 Å². The second-order valence-electron chi connectivity index (χ2n) is 7.15. The van der Waals surface area contributed by atoms with Gasteiger partial charge >= 0.3 is 0 Å². The Kier molecular flexibility index (Phi) is 5.22. The number of nitrogens with zero attached hydrogens (tertiary/aromatic N) is 3.